The molecule has 4 rings (SSSR count). The van der Waals surface area contributed by atoms with E-state index in [1.54, 1.807) is 13.2 Å². The van der Waals surface area contributed by atoms with Gasteiger partial charge in [0.15, 0.2) is 0 Å². The number of rotatable bonds is 8. The molecule has 0 aromatic heterocycles. The smallest absolute Gasteiger partial charge is 0.411 e. The van der Waals surface area contributed by atoms with Crippen molar-refractivity contribution in [1.82, 2.24) is 5.32 Å². The lowest BCUT2D eigenvalue weighted by Gasteiger charge is -2.60. The van der Waals surface area contributed by atoms with Gasteiger partial charge in [-0.05, 0) is 67.2 Å². The Morgan fingerprint density at radius 1 is 1.10 bits per heavy atom. The van der Waals surface area contributed by atoms with Crippen LogP contribution in [-0.2, 0) is 16.1 Å². The molecule has 2 aliphatic carbocycles. The zero-order chi connectivity index (χ0) is 28.2. The molecule has 0 aliphatic heterocycles. The van der Waals surface area contributed by atoms with E-state index in [0.717, 1.165) is 5.56 Å². The number of hydrogen-bond acceptors (Lipinski definition) is 6. The Kier molecular flexibility index (Phi) is 8.81. The van der Waals surface area contributed by atoms with Gasteiger partial charge in [0.05, 0.1) is 19.8 Å². The van der Waals surface area contributed by atoms with E-state index in [1.807, 2.05) is 31.2 Å². The molecule has 0 spiro atoms. The van der Waals surface area contributed by atoms with Gasteiger partial charge in [0.2, 0.25) is 5.91 Å². The number of nitrogens with one attached hydrogen (secondary N) is 2. The summed E-state index contributed by atoms with van der Waals surface area (Å²) in [6.45, 7) is 4.09. The molecule has 2 fully saturated rings. The topological polar surface area (TPSA) is 117 Å². The van der Waals surface area contributed by atoms with Crippen LogP contribution in [0.4, 0.5) is 14.9 Å². The van der Waals surface area contributed by atoms with Gasteiger partial charge in [-0.3, -0.25) is 10.1 Å². The number of aliphatic hydroxyl groups is 2. The number of amides is 2. The number of carbonyl (C=O) groups excluding carboxylic acids is 2. The minimum absolute atomic E-state index is 0.0915. The van der Waals surface area contributed by atoms with Crippen molar-refractivity contribution in [3.63, 3.8) is 0 Å². The normalized spacial score (nSPS) is 30.1. The highest BCUT2D eigenvalue weighted by Gasteiger charge is 2.60. The van der Waals surface area contributed by atoms with Crippen molar-refractivity contribution < 1.29 is 33.7 Å². The van der Waals surface area contributed by atoms with E-state index in [4.69, 9.17) is 9.47 Å². The van der Waals surface area contributed by atoms with E-state index in [0.29, 0.717) is 38.0 Å². The van der Waals surface area contributed by atoms with Crippen molar-refractivity contribution in [3.05, 3.63) is 59.9 Å². The van der Waals surface area contributed by atoms with Crippen LogP contribution in [-0.4, -0.2) is 48.1 Å². The number of halogens is 1. The van der Waals surface area contributed by atoms with Gasteiger partial charge >= 0.3 is 6.09 Å². The van der Waals surface area contributed by atoms with Gasteiger partial charge in [0.25, 0.3) is 0 Å². The first-order valence-electron chi connectivity index (χ1n) is 13.5. The quantitative estimate of drug-likeness (QED) is 0.386. The molecule has 2 amide bonds. The summed E-state index contributed by atoms with van der Waals surface area (Å²) in [4.78, 5) is 25.8. The fourth-order valence-corrected chi connectivity index (χ4v) is 6.94. The Morgan fingerprint density at radius 2 is 1.87 bits per heavy atom. The van der Waals surface area contributed by atoms with Crippen LogP contribution in [0.15, 0.2) is 48.5 Å². The summed E-state index contributed by atoms with van der Waals surface area (Å²) in [6.07, 6.45) is 0.416. The number of carbonyl (C=O) groups is 2. The molecule has 2 aromatic rings. The lowest BCUT2D eigenvalue weighted by molar-refractivity contribution is -0.185. The third-order valence-electron chi connectivity index (χ3n) is 9.07. The number of ether oxygens (including phenoxy) is 2. The van der Waals surface area contributed by atoms with Crippen LogP contribution in [0.25, 0.3) is 0 Å². The summed E-state index contributed by atoms with van der Waals surface area (Å²) < 4.78 is 24.7. The van der Waals surface area contributed by atoms with Crippen molar-refractivity contribution in [2.75, 3.05) is 19.0 Å². The summed E-state index contributed by atoms with van der Waals surface area (Å²) in [5, 5.41) is 27.2. The third kappa shape index (κ3) is 6.04. The minimum Gasteiger partial charge on any atom is -0.496 e. The molecule has 8 nitrogen and oxygen atoms in total. The van der Waals surface area contributed by atoms with E-state index in [2.05, 4.69) is 17.6 Å². The second-order valence-electron chi connectivity index (χ2n) is 11.3. The highest BCUT2D eigenvalue weighted by Crippen LogP contribution is 2.61. The fourth-order valence-electron chi connectivity index (χ4n) is 6.94. The van der Waals surface area contributed by atoms with Gasteiger partial charge in [0.1, 0.15) is 17.7 Å². The maximum absolute atomic E-state index is 13.5. The SMILES string of the molecule is COc1ccccc1CNC(=O)C[C@@H]1[C@H](O)CC[C@H]2[C@](C)(CO)[C@H](OC(=O)Nc3cccc(F)c3)CC[C@]21C. The zero-order valence-corrected chi connectivity index (χ0v) is 22.8. The van der Waals surface area contributed by atoms with Crippen LogP contribution in [0.5, 0.6) is 5.75 Å². The minimum atomic E-state index is -0.779. The number of methoxy groups -OCH3 is 1. The molecular weight excluding hydrogens is 503 g/mol. The molecule has 0 saturated heterocycles. The molecule has 0 heterocycles. The lowest BCUT2D eigenvalue weighted by atomic mass is 9.46. The molecule has 2 aromatic carbocycles. The number of anilines is 1. The summed E-state index contributed by atoms with van der Waals surface area (Å²) in [6, 6.07) is 13.0. The third-order valence-corrected chi connectivity index (χ3v) is 9.07. The van der Waals surface area contributed by atoms with Crippen molar-refractivity contribution in [3.8, 4) is 5.75 Å². The molecule has 9 heteroatoms. The fraction of sp³-hybridized carbons (Fsp3) is 0.533. The maximum Gasteiger partial charge on any atom is 0.411 e. The standard InChI is InChI=1S/C30H39FN2O6/c1-29-14-13-26(39-28(37)33-21-9-6-8-20(31)15-21)30(2,18-34)25(29)12-11-23(35)22(29)16-27(36)32-17-19-7-4-5-10-24(19)38-3/h4-10,15,22-23,25-26,34-35H,11-14,16-18H2,1-3H3,(H,32,36)(H,33,37)/t22-,23-,25-,26-,29+,30+/m1/s1. The first-order chi connectivity index (χ1) is 18.6. The second kappa shape index (κ2) is 11.9. The van der Waals surface area contributed by atoms with Gasteiger partial charge < -0.3 is 25.0 Å². The summed E-state index contributed by atoms with van der Waals surface area (Å²) in [5.41, 5.74) is -0.0797. The Balaban J connectivity index is 1.45. The Labute approximate surface area is 228 Å². The zero-order valence-electron chi connectivity index (χ0n) is 22.8. The van der Waals surface area contributed by atoms with E-state index in [1.165, 1.54) is 18.2 Å². The van der Waals surface area contributed by atoms with E-state index >= 15 is 0 Å². The van der Waals surface area contributed by atoms with Crippen molar-refractivity contribution >= 4 is 17.7 Å². The van der Waals surface area contributed by atoms with E-state index < -0.39 is 34.9 Å². The molecule has 0 bridgehead atoms. The molecule has 4 N–H and O–H groups in total. The van der Waals surface area contributed by atoms with Crippen LogP contribution in [0.3, 0.4) is 0 Å². The number of para-hydroxylation sites is 1. The van der Waals surface area contributed by atoms with Crippen LogP contribution in [0.2, 0.25) is 0 Å². The monoisotopic (exact) mass is 542 g/mol. The molecular formula is C30H39FN2O6. The number of benzene rings is 2. The van der Waals surface area contributed by atoms with Crippen LogP contribution >= 0.6 is 0 Å². The number of hydrogen-bond donors (Lipinski definition) is 4. The lowest BCUT2D eigenvalue weighted by Crippen LogP contribution is -2.61. The molecule has 6 atom stereocenters. The van der Waals surface area contributed by atoms with Gasteiger partial charge in [-0.1, -0.05) is 38.1 Å². The molecule has 0 radical (unpaired) electrons. The first kappa shape index (κ1) is 28.8. The second-order valence-corrected chi connectivity index (χ2v) is 11.3. The van der Waals surface area contributed by atoms with Crippen molar-refractivity contribution in [2.24, 2.45) is 22.7 Å². The molecule has 2 aliphatic rings. The van der Waals surface area contributed by atoms with E-state index in [9.17, 15) is 24.2 Å². The molecule has 2 saturated carbocycles. The van der Waals surface area contributed by atoms with Gasteiger partial charge in [0, 0.05) is 29.6 Å². The molecule has 39 heavy (non-hydrogen) atoms. The highest BCUT2D eigenvalue weighted by atomic mass is 19.1. The largest absolute Gasteiger partial charge is 0.496 e. The molecule has 0 unspecified atom stereocenters. The first-order valence-corrected chi connectivity index (χ1v) is 13.5. The predicted molar refractivity (Wildman–Crippen MR) is 145 cm³/mol. The van der Waals surface area contributed by atoms with Crippen LogP contribution in [0.1, 0.15) is 51.5 Å². The Morgan fingerprint density at radius 3 is 2.59 bits per heavy atom. The average Bonchev–Trinajstić information content (AvgIpc) is 2.91. The predicted octanol–water partition coefficient (Wildman–Crippen LogP) is 4.64. The Hall–Kier alpha value is -3.17. The summed E-state index contributed by atoms with van der Waals surface area (Å²) >= 11 is 0. The number of fused-ring (bicyclic) bond motifs is 1. The van der Waals surface area contributed by atoms with Crippen LogP contribution < -0.4 is 15.4 Å². The van der Waals surface area contributed by atoms with Crippen molar-refractivity contribution in [2.45, 2.75) is 64.7 Å². The maximum atomic E-state index is 13.5. The number of aliphatic hydroxyl groups excluding tert-OH is 2. The average molecular weight is 543 g/mol. The van der Waals surface area contributed by atoms with Gasteiger partial charge in [-0.2, -0.15) is 0 Å². The summed E-state index contributed by atoms with van der Waals surface area (Å²) in [5.74, 6) is -0.348. The molecule has 212 valence electrons. The van der Waals surface area contributed by atoms with Gasteiger partial charge in [-0.15, -0.1) is 0 Å². The van der Waals surface area contributed by atoms with Crippen LogP contribution in [0, 0.1) is 28.5 Å². The Bertz CT molecular complexity index is 1180. The highest BCUT2D eigenvalue weighted by molar-refractivity contribution is 5.84. The summed E-state index contributed by atoms with van der Waals surface area (Å²) in [7, 11) is 1.59. The van der Waals surface area contributed by atoms with Crippen molar-refractivity contribution in [1.29, 1.82) is 0 Å². The van der Waals surface area contributed by atoms with E-state index in [-0.39, 0.29) is 36.5 Å². The van der Waals surface area contributed by atoms with Gasteiger partial charge in [-0.25, -0.2) is 9.18 Å².